The quantitative estimate of drug-likeness (QED) is 0.901. The zero-order valence-electron chi connectivity index (χ0n) is 13.2. The van der Waals surface area contributed by atoms with E-state index in [2.05, 4.69) is 60.9 Å². The molecule has 3 heteroatoms. The number of nitrogens with zero attached hydrogens (tertiary/aromatic N) is 2. The van der Waals surface area contributed by atoms with Crippen LogP contribution in [0.25, 0.3) is 0 Å². The molecule has 0 saturated heterocycles. The highest BCUT2D eigenvalue weighted by atomic mass is 15.1. The van der Waals surface area contributed by atoms with Crippen molar-refractivity contribution in [1.29, 1.82) is 0 Å². The van der Waals surface area contributed by atoms with Crippen LogP contribution in [-0.4, -0.2) is 16.6 Å². The largest absolute Gasteiger partial charge is 0.333 e. The Balaban J connectivity index is 2.50. The SMILES string of the molecule is CCCn1ccnc1C(NC)c1c(C)cc(C)cc1C. The fourth-order valence-corrected chi connectivity index (χ4v) is 3.06. The highest BCUT2D eigenvalue weighted by molar-refractivity contribution is 5.42. The predicted octanol–water partition coefficient (Wildman–Crippen LogP) is 3.53. The van der Waals surface area contributed by atoms with Crippen molar-refractivity contribution in [3.63, 3.8) is 0 Å². The van der Waals surface area contributed by atoms with E-state index < -0.39 is 0 Å². The number of hydrogen-bond donors (Lipinski definition) is 1. The van der Waals surface area contributed by atoms with E-state index >= 15 is 0 Å². The van der Waals surface area contributed by atoms with Gasteiger partial charge in [0.15, 0.2) is 0 Å². The fraction of sp³-hybridized carbons (Fsp3) is 0.471. The number of rotatable bonds is 5. The molecule has 1 aromatic heterocycles. The van der Waals surface area contributed by atoms with Gasteiger partial charge in [0.1, 0.15) is 5.82 Å². The molecule has 1 N–H and O–H groups in total. The van der Waals surface area contributed by atoms with Crippen LogP contribution in [0.2, 0.25) is 0 Å². The Labute approximate surface area is 122 Å². The molecule has 0 radical (unpaired) electrons. The van der Waals surface area contributed by atoms with Crippen molar-refractivity contribution < 1.29 is 0 Å². The van der Waals surface area contributed by atoms with Gasteiger partial charge in [-0.1, -0.05) is 24.6 Å². The first-order valence-electron chi connectivity index (χ1n) is 7.34. The number of imidazole rings is 1. The molecule has 0 bridgehead atoms. The number of hydrogen-bond acceptors (Lipinski definition) is 2. The molecule has 3 nitrogen and oxygen atoms in total. The Kier molecular flexibility index (Phi) is 4.61. The summed E-state index contributed by atoms with van der Waals surface area (Å²) in [5.74, 6) is 1.10. The number of benzene rings is 1. The minimum atomic E-state index is 0.150. The van der Waals surface area contributed by atoms with Crippen molar-refractivity contribution in [1.82, 2.24) is 14.9 Å². The molecular weight excluding hydrogens is 246 g/mol. The molecule has 1 atom stereocenters. The van der Waals surface area contributed by atoms with Crippen LogP contribution < -0.4 is 5.32 Å². The Hall–Kier alpha value is -1.61. The van der Waals surface area contributed by atoms with Crippen LogP contribution in [0.3, 0.4) is 0 Å². The monoisotopic (exact) mass is 271 g/mol. The number of aryl methyl sites for hydroxylation is 4. The normalized spacial score (nSPS) is 12.7. The summed E-state index contributed by atoms with van der Waals surface area (Å²) < 4.78 is 2.25. The minimum absolute atomic E-state index is 0.150. The van der Waals surface area contributed by atoms with Crippen LogP contribution in [-0.2, 0) is 6.54 Å². The first-order chi connectivity index (χ1) is 9.58. The molecule has 0 fully saturated rings. The van der Waals surface area contributed by atoms with Gasteiger partial charge >= 0.3 is 0 Å². The summed E-state index contributed by atoms with van der Waals surface area (Å²) in [6.45, 7) is 9.73. The minimum Gasteiger partial charge on any atom is -0.333 e. The highest BCUT2D eigenvalue weighted by Gasteiger charge is 2.21. The van der Waals surface area contributed by atoms with E-state index in [-0.39, 0.29) is 6.04 Å². The van der Waals surface area contributed by atoms with Crippen molar-refractivity contribution in [2.24, 2.45) is 0 Å². The second-order valence-electron chi connectivity index (χ2n) is 5.51. The van der Waals surface area contributed by atoms with E-state index in [9.17, 15) is 0 Å². The average Bonchev–Trinajstić information content (AvgIpc) is 2.82. The third-order valence-electron chi connectivity index (χ3n) is 3.79. The van der Waals surface area contributed by atoms with Crippen molar-refractivity contribution in [3.8, 4) is 0 Å². The summed E-state index contributed by atoms with van der Waals surface area (Å²) in [7, 11) is 2.01. The molecule has 1 heterocycles. The Bertz CT molecular complexity index is 561. The lowest BCUT2D eigenvalue weighted by Gasteiger charge is -2.22. The van der Waals surface area contributed by atoms with Gasteiger partial charge in [0.25, 0.3) is 0 Å². The van der Waals surface area contributed by atoms with Crippen LogP contribution in [0.5, 0.6) is 0 Å². The molecule has 0 aliphatic rings. The van der Waals surface area contributed by atoms with Crippen LogP contribution in [0.4, 0.5) is 0 Å². The lowest BCUT2D eigenvalue weighted by atomic mass is 9.93. The van der Waals surface area contributed by atoms with E-state index in [1.807, 2.05) is 13.2 Å². The van der Waals surface area contributed by atoms with Crippen LogP contribution >= 0.6 is 0 Å². The summed E-state index contributed by atoms with van der Waals surface area (Å²) in [6, 6.07) is 4.65. The zero-order valence-corrected chi connectivity index (χ0v) is 13.2. The van der Waals surface area contributed by atoms with Gasteiger partial charge in [-0.3, -0.25) is 0 Å². The summed E-state index contributed by atoms with van der Waals surface area (Å²) in [5, 5.41) is 3.44. The second kappa shape index (κ2) is 6.23. The van der Waals surface area contributed by atoms with Gasteiger partial charge in [-0.05, 0) is 50.9 Å². The summed E-state index contributed by atoms with van der Waals surface area (Å²) in [5.41, 5.74) is 5.32. The molecule has 0 aliphatic carbocycles. The summed E-state index contributed by atoms with van der Waals surface area (Å²) in [6.07, 6.45) is 5.09. The van der Waals surface area contributed by atoms with E-state index in [0.29, 0.717) is 0 Å². The lowest BCUT2D eigenvalue weighted by molar-refractivity contribution is 0.564. The van der Waals surface area contributed by atoms with Gasteiger partial charge in [-0.25, -0.2) is 4.98 Å². The van der Waals surface area contributed by atoms with Gasteiger partial charge in [0.05, 0.1) is 6.04 Å². The van der Waals surface area contributed by atoms with Gasteiger partial charge in [0.2, 0.25) is 0 Å². The molecule has 2 aromatic rings. The Morgan fingerprint density at radius 2 is 1.85 bits per heavy atom. The standard InChI is InChI=1S/C17H25N3/c1-6-8-20-9-7-19-17(20)16(18-5)15-13(3)10-12(2)11-14(15)4/h7,9-11,16,18H,6,8H2,1-5H3. The first-order valence-corrected chi connectivity index (χ1v) is 7.34. The molecule has 2 rings (SSSR count). The second-order valence-corrected chi connectivity index (χ2v) is 5.51. The maximum Gasteiger partial charge on any atom is 0.130 e. The van der Waals surface area contributed by atoms with E-state index in [4.69, 9.17) is 0 Å². The van der Waals surface area contributed by atoms with Gasteiger partial charge < -0.3 is 9.88 Å². The van der Waals surface area contributed by atoms with Crippen molar-refractivity contribution in [3.05, 3.63) is 52.6 Å². The van der Waals surface area contributed by atoms with Crippen molar-refractivity contribution in [2.45, 2.75) is 46.7 Å². The Morgan fingerprint density at radius 3 is 2.40 bits per heavy atom. The molecule has 108 valence electrons. The first kappa shape index (κ1) is 14.8. The zero-order chi connectivity index (χ0) is 14.7. The van der Waals surface area contributed by atoms with Crippen LogP contribution in [0.1, 0.15) is 47.5 Å². The number of nitrogens with one attached hydrogen (secondary N) is 1. The van der Waals surface area contributed by atoms with Crippen LogP contribution in [0.15, 0.2) is 24.5 Å². The average molecular weight is 271 g/mol. The maximum atomic E-state index is 4.59. The fourth-order valence-electron chi connectivity index (χ4n) is 3.06. The van der Waals surface area contributed by atoms with Crippen molar-refractivity contribution >= 4 is 0 Å². The molecule has 0 saturated carbocycles. The predicted molar refractivity (Wildman–Crippen MR) is 84.1 cm³/mol. The molecule has 20 heavy (non-hydrogen) atoms. The van der Waals surface area contributed by atoms with Crippen LogP contribution in [0, 0.1) is 20.8 Å². The highest BCUT2D eigenvalue weighted by Crippen LogP contribution is 2.28. The molecule has 1 unspecified atom stereocenters. The van der Waals surface area contributed by atoms with E-state index in [1.165, 1.54) is 22.3 Å². The van der Waals surface area contributed by atoms with Gasteiger partial charge in [-0.2, -0.15) is 0 Å². The smallest absolute Gasteiger partial charge is 0.130 e. The topological polar surface area (TPSA) is 29.9 Å². The molecule has 1 aromatic carbocycles. The Morgan fingerprint density at radius 1 is 1.20 bits per heavy atom. The van der Waals surface area contributed by atoms with Gasteiger partial charge in [0, 0.05) is 18.9 Å². The van der Waals surface area contributed by atoms with Gasteiger partial charge in [-0.15, -0.1) is 0 Å². The van der Waals surface area contributed by atoms with Crippen molar-refractivity contribution in [2.75, 3.05) is 7.05 Å². The third-order valence-corrected chi connectivity index (χ3v) is 3.79. The molecule has 0 amide bonds. The van der Waals surface area contributed by atoms with E-state index in [1.54, 1.807) is 0 Å². The molecular formula is C17H25N3. The summed E-state index contributed by atoms with van der Waals surface area (Å²) in [4.78, 5) is 4.59. The molecule has 0 spiro atoms. The third kappa shape index (κ3) is 2.78. The lowest BCUT2D eigenvalue weighted by Crippen LogP contribution is -2.24. The molecule has 0 aliphatic heterocycles. The number of aromatic nitrogens is 2. The summed E-state index contributed by atoms with van der Waals surface area (Å²) >= 11 is 0. The maximum absolute atomic E-state index is 4.59. The van der Waals surface area contributed by atoms with E-state index in [0.717, 1.165) is 18.8 Å².